The molecule has 0 unspecified atom stereocenters. The zero-order valence-corrected chi connectivity index (χ0v) is 11.3. The van der Waals surface area contributed by atoms with Crippen molar-refractivity contribution in [2.45, 2.75) is 13.0 Å². The van der Waals surface area contributed by atoms with E-state index in [4.69, 9.17) is 16.9 Å². The van der Waals surface area contributed by atoms with Gasteiger partial charge in [0.25, 0.3) is 0 Å². The number of hydrogen-bond donors (Lipinski definition) is 1. The van der Waals surface area contributed by atoms with Crippen LogP contribution in [-0.4, -0.2) is 6.54 Å². The van der Waals surface area contributed by atoms with Gasteiger partial charge in [-0.2, -0.15) is 5.26 Å². The Morgan fingerprint density at radius 1 is 0.947 bits per heavy atom. The lowest BCUT2D eigenvalue weighted by Gasteiger charge is -2.05. The number of halogens is 1. The summed E-state index contributed by atoms with van der Waals surface area (Å²) in [6.45, 7) is 1.74. The molecule has 0 aliphatic heterocycles. The van der Waals surface area contributed by atoms with Crippen LogP contribution < -0.4 is 5.32 Å². The highest BCUT2D eigenvalue weighted by Crippen LogP contribution is 2.09. The molecule has 0 bridgehead atoms. The number of nitrogens with zero attached hydrogens (tertiary/aromatic N) is 1. The smallest absolute Gasteiger partial charge is 0.0991 e. The third-order valence-corrected chi connectivity index (χ3v) is 3.17. The lowest BCUT2D eigenvalue weighted by atomic mass is 10.1. The highest BCUT2D eigenvalue weighted by molar-refractivity contribution is 6.30. The van der Waals surface area contributed by atoms with E-state index >= 15 is 0 Å². The first-order valence-electron chi connectivity index (χ1n) is 6.22. The van der Waals surface area contributed by atoms with Gasteiger partial charge in [-0.3, -0.25) is 0 Å². The minimum absolute atomic E-state index is 0.699. The van der Waals surface area contributed by atoms with Crippen LogP contribution in [0.1, 0.15) is 16.7 Å². The zero-order valence-electron chi connectivity index (χ0n) is 10.6. The summed E-state index contributed by atoms with van der Waals surface area (Å²) in [5, 5.41) is 12.9. The molecular formula is C16H15ClN2. The van der Waals surface area contributed by atoms with Crippen molar-refractivity contribution in [1.29, 1.82) is 5.26 Å². The van der Waals surface area contributed by atoms with Gasteiger partial charge in [-0.25, -0.2) is 0 Å². The molecule has 0 aliphatic rings. The molecule has 96 valence electrons. The summed E-state index contributed by atoms with van der Waals surface area (Å²) in [6.07, 6.45) is 0.980. The van der Waals surface area contributed by atoms with Crippen molar-refractivity contribution in [3.05, 3.63) is 70.2 Å². The molecule has 0 aromatic heterocycles. The Bertz CT molecular complexity index is 553. The highest BCUT2D eigenvalue weighted by Gasteiger charge is 1.96. The van der Waals surface area contributed by atoms with Crippen molar-refractivity contribution in [3.63, 3.8) is 0 Å². The first-order chi connectivity index (χ1) is 9.28. The van der Waals surface area contributed by atoms with Crippen LogP contribution in [0.15, 0.2) is 48.5 Å². The molecule has 0 amide bonds. The molecule has 0 aliphatic carbocycles. The summed E-state index contributed by atoms with van der Waals surface area (Å²) in [7, 11) is 0. The zero-order chi connectivity index (χ0) is 13.5. The van der Waals surface area contributed by atoms with Gasteiger partial charge in [0.15, 0.2) is 0 Å². The van der Waals surface area contributed by atoms with Crippen LogP contribution in [0.3, 0.4) is 0 Å². The van der Waals surface area contributed by atoms with Crippen molar-refractivity contribution in [2.24, 2.45) is 0 Å². The average molecular weight is 271 g/mol. The molecule has 2 nitrogen and oxygen atoms in total. The van der Waals surface area contributed by atoms with Gasteiger partial charge in [0.1, 0.15) is 0 Å². The van der Waals surface area contributed by atoms with E-state index in [1.807, 2.05) is 48.5 Å². The Morgan fingerprint density at radius 3 is 2.21 bits per heavy atom. The highest BCUT2D eigenvalue weighted by atomic mass is 35.5. The fraction of sp³-hybridized carbons (Fsp3) is 0.188. The maximum atomic E-state index is 8.71. The van der Waals surface area contributed by atoms with E-state index in [0.29, 0.717) is 5.56 Å². The summed E-state index contributed by atoms with van der Waals surface area (Å²) in [6, 6.07) is 17.7. The Labute approximate surface area is 118 Å². The molecule has 1 N–H and O–H groups in total. The number of nitriles is 1. The van der Waals surface area contributed by atoms with E-state index in [2.05, 4.69) is 11.4 Å². The van der Waals surface area contributed by atoms with Crippen LogP contribution in [0.2, 0.25) is 5.02 Å². The van der Waals surface area contributed by atoms with Crippen LogP contribution in [0.5, 0.6) is 0 Å². The van der Waals surface area contributed by atoms with Crippen molar-refractivity contribution >= 4 is 11.6 Å². The van der Waals surface area contributed by atoms with Crippen molar-refractivity contribution in [1.82, 2.24) is 5.32 Å². The van der Waals surface area contributed by atoms with Gasteiger partial charge >= 0.3 is 0 Å². The van der Waals surface area contributed by atoms with E-state index in [-0.39, 0.29) is 0 Å². The monoisotopic (exact) mass is 270 g/mol. The quantitative estimate of drug-likeness (QED) is 0.844. The molecule has 0 spiro atoms. The molecule has 2 rings (SSSR count). The molecule has 0 saturated carbocycles. The van der Waals surface area contributed by atoms with Crippen molar-refractivity contribution < 1.29 is 0 Å². The first-order valence-corrected chi connectivity index (χ1v) is 6.60. The fourth-order valence-corrected chi connectivity index (χ4v) is 1.94. The Morgan fingerprint density at radius 2 is 1.58 bits per heavy atom. The van der Waals surface area contributed by atoms with Crippen LogP contribution in [0.25, 0.3) is 0 Å². The van der Waals surface area contributed by atoms with E-state index < -0.39 is 0 Å². The van der Waals surface area contributed by atoms with Gasteiger partial charge in [-0.1, -0.05) is 35.9 Å². The molecule has 0 radical (unpaired) electrons. The second-order valence-corrected chi connectivity index (χ2v) is 4.80. The standard InChI is InChI=1S/C16H15ClN2/c17-16-7-5-13(6-8-16)9-10-19-12-15-3-1-14(11-18)2-4-15/h1-8,19H,9-10,12H2. The van der Waals surface area contributed by atoms with E-state index in [1.54, 1.807) is 0 Å². The SMILES string of the molecule is N#Cc1ccc(CNCCc2ccc(Cl)cc2)cc1. The van der Waals surface area contributed by atoms with Gasteiger partial charge < -0.3 is 5.32 Å². The van der Waals surface area contributed by atoms with Crippen LogP contribution in [0.4, 0.5) is 0 Å². The number of benzene rings is 2. The average Bonchev–Trinajstić information content (AvgIpc) is 2.46. The van der Waals surface area contributed by atoms with Gasteiger partial charge in [0, 0.05) is 11.6 Å². The maximum absolute atomic E-state index is 8.71. The molecule has 2 aromatic carbocycles. The molecule has 0 saturated heterocycles. The molecule has 0 fully saturated rings. The van der Waals surface area contributed by atoms with Crippen molar-refractivity contribution in [3.8, 4) is 6.07 Å². The van der Waals surface area contributed by atoms with Gasteiger partial charge in [0.2, 0.25) is 0 Å². The Hall–Kier alpha value is -1.82. The predicted molar refractivity (Wildman–Crippen MR) is 78.0 cm³/mol. The topological polar surface area (TPSA) is 35.8 Å². The summed E-state index contributed by atoms with van der Waals surface area (Å²) >= 11 is 5.84. The van der Waals surface area contributed by atoms with E-state index in [1.165, 1.54) is 11.1 Å². The second kappa shape index (κ2) is 6.94. The molecular weight excluding hydrogens is 256 g/mol. The maximum Gasteiger partial charge on any atom is 0.0991 e. The molecule has 0 heterocycles. The Kier molecular flexibility index (Phi) is 4.97. The van der Waals surface area contributed by atoms with Crippen molar-refractivity contribution in [2.75, 3.05) is 6.54 Å². The van der Waals surface area contributed by atoms with Crippen LogP contribution >= 0.6 is 11.6 Å². The van der Waals surface area contributed by atoms with Gasteiger partial charge in [-0.05, 0) is 48.4 Å². The predicted octanol–water partition coefficient (Wildman–Crippen LogP) is 3.54. The third kappa shape index (κ3) is 4.40. The number of hydrogen-bond acceptors (Lipinski definition) is 2. The van der Waals surface area contributed by atoms with Gasteiger partial charge in [0.05, 0.1) is 11.6 Å². The normalized spacial score (nSPS) is 10.1. The minimum Gasteiger partial charge on any atom is -0.312 e. The largest absolute Gasteiger partial charge is 0.312 e. The number of nitrogens with one attached hydrogen (secondary N) is 1. The molecule has 0 atom stereocenters. The lowest BCUT2D eigenvalue weighted by molar-refractivity contribution is 0.687. The summed E-state index contributed by atoms with van der Waals surface area (Å²) in [4.78, 5) is 0. The summed E-state index contributed by atoms with van der Waals surface area (Å²) in [5.41, 5.74) is 3.16. The Balaban J connectivity index is 1.74. The molecule has 19 heavy (non-hydrogen) atoms. The third-order valence-electron chi connectivity index (χ3n) is 2.92. The van der Waals surface area contributed by atoms with E-state index in [0.717, 1.165) is 24.5 Å². The summed E-state index contributed by atoms with van der Waals surface area (Å²) < 4.78 is 0. The minimum atomic E-state index is 0.699. The molecule has 2 aromatic rings. The second-order valence-electron chi connectivity index (χ2n) is 4.36. The van der Waals surface area contributed by atoms with Crippen LogP contribution in [0, 0.1) is 11.3 Å². The van der Waals surface area contributed by atoms with E-state index in [9.17, 15) is 0 Å². The van der Waals surface area contributed by atoms with Gasteiger partial charge in [-0.15, -0.1) is 0 Å². The first kappa shape index (κ1) is 13.6. The van der Waals surface area contributed by atoms with Crippen LogP contribution in [-0.2, 0) is 13.0 Å². The lowest BCUT2D eigenvalue weighted by Crippen LogP contribution is -2.16. The summed E-state index contributed by atoms with van der Waals surface area (Å²) in [5.74, 6) is 0. The fourth-order valence-electron chi connectivity index (χ4n) is 1.81. The number of rotatable bonds is 5. The molecule has 3 heteroatoms.